The highest BCUT2D eigenvalue weighted by Crippen LogP contribution is 2.35. The number of aromatic nitrogens is 2. The molecule has 5 rings (SSSR count). The Morgan fingerprint density at radius 3 is 2.54 bits per heavy atom. The monoisotopic (exact) mass is 383 g/mol. The van der Waals surface area contributed by atoms with Crippen molar-refractivity contribution in [3.63, 3.8) is 0 Å². The number of pyridine rings is 1. The number of alkyl halides is 3. The van der Waals surface area contributed by atoms with Crippen molar-refractivity contribution in [1.82, 2.24) is 9.38 Å². The van der Waals surface area contributed by atoms with Crippen LogP contribution in [0.25, 0.3) is 38.2 Å². The summed E-state index contributed by atoms with van der Waals surface area (Å²) < 4.78 is 40.5. The number of rotatable bonds is 1. The zero-order valence-electron chi connectivity index (χ0n) is 13.8. The largest absolute Gasteiger partial charge is 0.416 e. The molecule has 2 aromatic heterocycles. The van der Waals surface area contributed by atoms with Gasteiger partial charge in [-0.2, -0.15) is 13.2 Å². The third kappa shape index (κ3) is 2.10. The lowest BCUT2D eigenvalue weighted by Gasteiger charge is -2.08. The fourth-order valence-corrected chi connectivity index (χ4v) is 3.63. The summed E-state index contributed by atoms with van der Waals surface area (Å²) in [4.78, 5) is 28.1. The highest BCUT2D eigenvalue weighted by molar-refractivity contribution is 6.16. The first-order valence-corrected chi connectivity index (χ1v) is 8.11. The highest BCUT2D eigenvalue weighted by atomic mass is 19.4. The third-order valence-electron chi connectivity index (χ3n) is 4.83. The Labute approximate surface area is 152 Å². The normalized spacial score (nSPS) is 12.5. The molecule has 9 heteroatoms. The maximum Gasteiger partial charge on any atom is 0.416 e. The molecule has 138 valence electrons. The van der Waals surface area contributed by atoms with E-state index in [1.54, 1.807) is 18.2 Å². The Balaban J connectivity index is 2.06. The molecule has 28 heavy (non-hydrogen) atoms. The van der Waals surface area contributed by atoms with Crippen molar-refractivity contribution in [3.8, 4) is 0 Å². The number of nitrogens with zero attached hydrogens (tertiary/aromatic N) is 3. The van der Waals surface area contributed by atoms with Gasteiger partial charge in [0, 0.05) is 28.3 Å². The minimum Gasteiger partial charge on any atom is -0.268 e. The number of fused-ring (bicyclic) bond motifs is 4. The molecular formula is C19H8F3N3O3. The molecule has 3 aromatic carbocycles. The number of halogens is 3. The summed E-state index contributed by atoms with van der Waals surface area (Å²) in [6, 6.07) is 10.4. The molecular weight excluding hydrogens is 375 g/mol. The van der Waals surface area contributed by atoms with Crippen LogP contribution in [0.1, 0.15) is 5.56 Å². The Bertz CT molecular complexity index is 1510. The third-order valence-corrected chi connectivity index (χ3v) is 4.83. The van der Waals surface area contributed by atoms with E-state index in [1.165, 1.54) is 18.2 Å². The highest BCUT2D eigenvalue weighted by Gasteiger charge is 2.31. The van der Waals surface area contributed by atoms with E-state index in [0.717, 1.165) is 16.5 Å². The smallest absolute Gasteiger partial charge is 0.268 e. The lowest BCUT2D eigenvalue weighted by atomic mass is 10.0. The number of non-ortho nitro benzene ring substituents is 1. The number of nitro benzene ring substituents is 1. The van der Waals surface area contributed by atoms with Crippen LogP contribution < -0.4 is 5.56 Å². The second kappa shape index (κ2) is 5.16. The SMILES string of the molecule is O=c1c2cccc3cc([N+](=O)[O-])cc(c32)c2nc3ccc(C(F)(F)F)cc3n12. The summed E-state index contributed by atoms with van der Waals surface area (Å²) in [7, 11) is 0. The molecule has 0 aliphatic carbocycles. The number of benzene rings is 3. The molecule has 0 N–H and O–H groups in total. The van der Waals surface area contributed by atoms with E-state index in [-0.39, 0.29) is 27.8 Å². The Kier molecular flexibility index (Phi) is 3.02. The van der Waals surface area contributed by atoms with E-state index < -0.39 is 22.2 Å². The lowest BCUT2D eigenvalue weighted by Crippen LogP contribution is -2.14. The molecule has 0 amide bonds. The Morgan fingerprint density at radius 1 is 1.04 bits per heavy atom. The van der Waals surface area contributed by atoms with Gasteiger partial charge in [0.05, 0.1) is 21.5 Å². The topological polar surface area (TPSA) is 77.5 Å². The van der Waals surface area contributed by atoms with Crippen molar-refractivity contribution < 1.29 is 18.1 Å². The Morgan fingerprint density at radius 2 is 1.82 bits per heavy atom. The maximum atomic E-state index is 13.1. The van der Waals surface area contributed by atoms with Crippen molar-refractivity contribution in [2.45, 2.75) is 6.18 Å². The summed E-state index contributed by atoms with van der Waals surface area (Å²) in [6.07, 6.45) is -4.58. The molecule has 0 radical (unpaired) electrons. The first-order chi connectivity index (χ1) is 13.3. The molecule has 0 bridgehead atoms. The maximum absolute atomic E-state index is 13.1. The van der Waals surface area contributed by atoms with Crippen molar-refractivity contribution >= 4 is 43.9 Å². The standard InChI is InChI=1S/C19H8F3N3O3/c20-19(21,22)10-4-5-14-15(7-10)24-17(23-14)13-8-11(25(27)28)6-9-2-1-3-12(16(9)13)18(24)26/h1-8H. The number of nitro groups is 1. The van der Waals surface area contributed by atoms with E-state index >= 15 is 0 Å². The second-order valence-electron chi connectivity index (χ2n) is 6.43. The number of hydrogen-bond donors (Lipinski definition) is 0. The van der Waals surface area contributed by atoms with Gasteiger partial charge in [0.25, 0.3) is 11.2 Å². The zero-order chi connectivity index (χ0) is 19.8. The van der Waals surface area contributed by atoms with Crippen LogP contribution in [0.5, 0.6) is 0 Å². The van der Waals surface area contributed by atoms with Gasteiger partial charge in [0.1, 0.15) is 5.65 Å². The van der Waals surface area contributed by atoms with E-state index in [2.05, 4.69) is 4.98 Å². The van der Waals surface area contributed by atoms with Crippen molar-refractivity contribution in [1.29, 1.82) is 0 Å². The second-order valence-corrected chi connectivity index (χ2v) is 6.43. The number of imidazole rings is 1. The molecule has 0 aliphatic rings. The molecule has 0 saturated heterocycles. The van der Waals surface area contributed by atoms with Gasteiger partial charge in [-0.15, -0.1) is 0 Å². The van der Waals surface area contributed by atoms with E-state index in [0.29, 0.717) is 16.2 Å². The average molecular weight is 383 g/mol. The van der Waals surface area contributed by atoms with Gasteiger partial charge in [0.15, 0.2) is 0 Å². The van der Waals surface area contributed by atoms with Gasteiger partial charge in [-0.1, -0.05) is 12.1 Å². The van der Waals surface area contributed by atoms with Crippen LogP contribution >= 0.6 is 0 Å². The molecule has 2 heterocycles. The minimum absolute atomic E-state index is 0.00369. The summed E-state index contributed by atoms with van der Waals surface area (Å²) >= 11 is 0. The summed E-state index contributed by atoms with van der Waals surface area (Å²) in [5.41, 5.74) is -1.33. The molecule has 0 fully saturated rings. The van der Waals surface area contributed by atoms with Crippen molar-refractivity contribution in [3.05, 3.63) is 74.6 Å². The van der Waals surface area contributed by atoms with Crippen LogP contribution in [0.4, 0.5) is 18.9 Å². The van der Waals surface area contributed by atoms with Gasteiger partial charge < -0.3 is 0 Å². The van der Waals surface area contributed by atoms with Crippen LogP contribution in [-0.2, 0) is 6.18 Å². The summed E-state index contributed by atoms with van der Waals surface area (Å²) in [5, 5.41) is 12.9. The van der Waals surface area contributed by atoms with E-state index in [1.807, 2.05) is 0 Å². The predicted octanol–water partition coefficient (Wildman–Crippen LogP) is 4.52. The minimum atomic E-state index is -4.58. The van der Waals surface area contributed by atoms with Gasteiger partial charge in [-0.05, 0) is 29.7 Å². The predicted molar refractivity (Wildman–Crippen MR) is 96.8 cm³/mol. The molecule has 0 aliphatic heterocycles. The molecule has 0 spiro atoms. The van der Waals surface area contributed by atoms with Crippen LogP contribution in [0, 0.1) is 10.1 Å². The summed E-state index contributed by atoms with van der Waals surface area (Å²) in [5.74, 6) is 0. The number of hydrogen-bond acceptors (Lipinski definition) is 4. The average Bonchev–Trinajstić information content (AvgIpc) is 3.03. The Hall–Kier alpha value is -3.75. The van der Waals surface area contributed by atoms with Gasteiger partial charge >= 0.3 is 6.18 Å². The van der Waals surface area contributed by atoms with Crippen LogP contribution in [0.3, 0.4) is 0 Å². The van der Waals surface area contributed by atoms with Crippen LogP contribution in [0.2, 0.25) is 0 Å². The van der Waals surface area contributed by atoms with Crippen LogP contribution in [-0.4, -0.2) is 14.3 Å². The fraction of sp³-hybridized carbons (Fsp3) is 0.0526. The van der Waals surface area contributed by atoms with Gasteiger partial charge in [0.2, 0.25) is 0 Å². The van der Waals surface area contributed by atoms with Gasteiger partial charge in [-0.25, -0.2) is 4.98 Å². The van der Waals surface area contributed by atoms with Crippen molar-refractivity contribution in [2.24, 2.45) is 0 Å². The zero-order valence-corrected chi connectivity index (χ0v) is 13.8. The molecule has 0 saturated carbocycles. The quantitative estimate of drug-likeness (QED) is 0.315. The van der Waals surface area contributed by atoms with Crippen LogP contribution in [0.15, 0.2) is 53.3 Å². The van der Waals surface area contributed by atoms with E-state index in [9.17, 15) is 28.1 Å². The first kappa shape index (κ1) is 16.4. The van der Waals surface area contributed by atoms with Gasteiger partial charge in [-0.3, -0.25) is 19.3 Å². The lowest BCUT2D eigenvalue weighted by molar-refractivity contribution is -0.384. The molecule has 0 atom stereocenters. The summed E-state index contributed by atoms with van der Waals surface area (Å²) in [6.45, 7) is 0. The molecule has 6 nitrogen and oxygen atoms in total. The molecule has 5 aromatic rings. The fourth-order valence-electron chi connectivity index (χ4n) is 3.63. The first-order valence-electron chi connectivity index (χ1n) is 8.11. The molecule has 0 unspecified atom stereocenters. The van der Waals surface area contributed by atoms with Crippen molar-refractivity contribution in [2.75, 3.05) is 0 Å². The van der Waals surface area contributed by atoms with E-state index in [4.69, 9.17) is 0 Å².